The number of thiophene rings is 1. The summed E-state index contributed by atoms with van der Waals surface area (Å²) >= 11 is 1.61. The molecular weight excluding hydrogens is 284 g/mol. The average molecular weight is 300 g/mol. The Morgan fingerprint density at radius 1 is 1.24 bits per heavy atom. The van der Waals surface area contributed by atoms with Crippen molar-refractivity contribution in [2.75, 3.05) is 6.54 Å². The number of carbonyl (C=O) groups is 2. The lowest BCUT2D eigenvalue weighted by molar-refractivity contribution is -0.126. The smallest absolute Gasteiger partial charge is 0.226 e. The Labute approximate surface area is 127 Å². The van der Waals surface area contributed by atoms with Gasteiger partial charge in [0.1, 0.15) is 0 Å². The van der Waals surface area contributed by atoms with Crippen LogP contribution in [-0.2, 0) is 9.59 Å². The van der Waals surface area contributed by atoms with Gasteiger partial charge in [-0.3, -0.25) is 9.59 Å². The molecular formula is C16H16N2O2S. The highest BCUT2D eigenvalue weighted by Gasteiger charge is 2.30. The SMILES string of the molecule is O=C1CC(C(=O)NC(c2ccccc2)c2cccs2)CN1. The molecule has 4 nitrogen and oxygen atoms in total. The zero-order valence-electron chi connectivity index (χ0n) is 11.4. The van der Waals surface area contributed by atoms with E-state index in [-0.39, 0.29) is 30.2 Å². The number of hydrogen-bond acceptors (Lipinski definition) is 3. The summed E-state index contributed by atoms with van der Waals surface area (Å²) in [5.74, 6) is -0.401. The van der Waals surface area contributed by atoms with E-state index in [1.54, 1.807) is 11.3 Å². The van der Waals surface area contributed by atoms with Gasteiger partial charge in [-0.1, -0.05) is 36.4 Å². The molecule has 2 unspecified atom stereocenters. The van der Waals surface area contributed by atoms with Crippen LogP contribution in [0.1, 0.15) is 22.9 Å². The first-order valence-corrected chi connectivity index (χ1v) is 7.77. The summed E-state index contributed by atoms with van der Waals surface area (Å²) in [5.41, 5.74) is 1.05. The molecule has 2 heterocycles. The van der Waals surface area contributed by atoms with Gasteiger partial charge < -0.3 is 10.6 Å². The highest BCUT2D eigenvalue weighted by molar-refractivity contribution is 7.10. The minimum absolute atomic E-state index is 0.0532. The van der Waals surface area contributed by atoms with E-state index in [0.717, 1.165) is 10.4 Å². The largest absolute Gasteiger partial charge is 0.355 e. The molecule has 1 saturated heterocycles. The second kappa shape index (κ2) is 6.10. The predicted octanol–water partition coefficient (Wildman–Crippen LogP) is 2.09. The number of amides is 2. The minimum atomic E-state index is -0.274. The number of benzene rings is 1. The molecule has 2 N–H and O–H groups in total. The normalized spacial score (nSPS) is 19.0. The van der Waals surface area contributed by atoms with Crippen LogP contribution >= 0.6 is 11.3 Å². The molecule has 1 aliphatic rings. The summed E-state index contributed by atoms with van der Waals surface area (Å²) < 4.78 is 0. The van der Waals surface area contributed by atoms with Crippen molar-refractivity contribution in [3.05, 3.63) is 58.3 Å². The Balaban J connectivity index is 1.80. The molecule has 0 saturated carbocycles. The molecule has 108 valence electrons. The second-order valence-corrected chi connectivity index (χ2v) is 6.05. The zero-order chi connectivity index (χ0) is 14.7. The van der Waals surface area contributed by atoms with Crippen molar-refractivity contribution in [1.29, 1.82) is 0 Å². The Hall–Kier alpha value is -2.14. The summed E-state index contributed by atoms with van der Waals surface area (Å²) in [4.78, 5) is 24.7. The van der Waals surface area contributed by atoms with Crippen molar-refractivity contribution >= 4 is 23.2 Å². The van der Waals surface area contributed by atoms with E-state index in [4.69, 9.17) is 0 Å². The van der Waals surface area contributed by atoms with Crippen LogP contribution in [0.3, 0.4) is 0 Å². The van der Waals surface area contributed by atoms with Gasteiger partial charge in [-0.15, -0.1) is 11.3 Å². The predicted molar refractivity (Wildman–Crippen MR) is 81.9 cm³/mol. The van der Waals surface area contributed by atoms with Crippen LogP contribution in [0, 0.1) is 5.92 Å². The molecule has 1 aliphatic heterocycles. The van der Waals surface area contributed by atoms with Crippen LogP contribution in [0.15, 0.2) is 47.8 Å². The zero-order valence-corrected chi connectivity index (χ0v) is 12.2. The van der Waals surface area contributed by atoms with Crippen molar-refractivity contribution in [1.82, 2.24) is 10.6 Å². The van der Waals surface area contributed by atoms with Crippen LogP contribution in [0.4, 0.5) is 0 Å². The molecule has 21 heavy (non-hydrogen) atoms. The van der Waals surface area contributed by atoms with Gasteiger partial charge in [0.2, 0.25) is 11.8 Å². The highest BCUT2D eigenvalue weighted by Crippen LogP contribution is 2.26. The van der Waals surface area contributed by atoms with Gasteiger partial charge in [0, 0.05) is 17.8 Å². The Kier molecular flexibility index (Phi) is 4.01. The molecule has 0 radical (unpaired) electrons. The number of rotatable bonds is 4. The van der Waals surface area contributed by atoms with E-state index in [1.807, 2.05) is 47.8 Å². The van der Waals surface area contributed by atoms with Gasteiger partial charge in [-0.25, -0.2) is 0 Å². The molecule has 2 amide bonds. The topological polar surface area (TPSA) is 58.2 Å². The van der Waals surface area contributed by atoms with Crippen molar-refractivity contribution in [2.45, 2.75) is 12.5 Å². The maximum atomic E-state index is 12.4. The van der Waals surface area contributed by atoms with E-state index in [0.29, 0.717) is 6.54 Å². The summed E-state index contributed by atoms with van der Waals surface area (Å²) in [7, 11) is 0. The Bertz CT molecular complexity index is 625. The maximum Gasteiger partial charge on any atom is 0.226 e. The molecule has 0 aliphatic carbocycles. The van der Waals surface area contributed by atoms with Crippen LogP contribution in [0.5, 0.6) is 0 Å². The van der Waals surface area contributed by atoms with E-state index >= 15 is 0 Å². The summed E-state index contributed by atoms with van der Waals surface area (Å²) in [5, 5.41) is 7.78. The fourth-order valence-electron chi connectivity index (χ4n) is 2.47. The number of carbonyl (C=O) groups excluding carboxylic acids is 2. The lowest BCUT2D eigenvalue weighted by Crippen LogP contribution is -2.35. The third-order valence-corrected chi connectivity index (χ3v) is 4.53. The molecule has 1 aromatic carbocycles. The molecule has 0 spiro atoms. The number of nitrogens with one attached hydrogen (secondary N) is 2. The second-order valence-electron chi connectivity index (χ2n) is 5.07. The van der Waals surface area contributed by atoms with E-state index in [1.165, 1.54) is 0 Å². The van der Waals surface area contributed by atoms with Crippen molar-refractivity contribution in [2.24, 2.45) is 5.92 Å². The quantitative estimate of drug-likeness (QED) is 0.908. The summed E-state index contributed by atoms with van der Waals surface area (Å²) in [6, 6.07) is 13.7. The molecule has 1 aromatic heterocycles. The molecule has 3 rings (SSSR count). The number of hydrogen-bond donors (Lipinski definition) is 2. The van der Waals surface area contributed by atoms with Gasteiger partial charge in [-0.2, -0.15) is 0 Å². The standard InChI is InChI=1S/C16H16N2O2S/c19-14-9-12(10-17-14)16(20)18-15(13-7-4-8-21-13)11-5-2-1-3-6-11/h1-8,12,15H,9-10H2,(H,17,19)(H,18,20). The summed E-state index contributed by atoms with van der Waals surface area (Å²) in [6.45, 7) is 0.427. The monoisotopic (exact) mass is 300 g/mol. The van der Waals surface area contributed by atoms with Gasteiger partial charge in [0.25, 0.3) is 0 Å². The van der Waals surface area contributed by atoms with Gasteiger partial charge >= 0.3 is 0 Å². The van der Waals surface area contributed by atoms with Gasteiger partial charge in [-0.05, 0) is 17.0 Å². The van der Waals surface area contributed by atoms with E-state index in [9.17, 15) is 9.59 Å². The molecule has 2 atom stereocenters. The first-order valence-electron chi connectivity index (χ1n) is 6.89. The molecule has 5 heteroatoms. The van der Waals surface area contributed by atoms with Crippen molar-refractivity contribution in [3.8, 4) is 0 Å². The van der Waals surface area contributed by atoms with Crippen molar-refractivity contribution < 1.29 is 9.59 Å². The van der Waals surface area contributed by atoms with Crippen LogP contribution < -0.4 is 10.6 Å². The minimum Gasteiger partial charge on any atom is -0.355 e. The molecule has 2 aromatic rings. The van der Waals surface area contributed by atoms with Crippen LogP contribution in [0.2, 0.25) is 0 Å². The maximum absolute atomic E-state index is 12.4. The molecule has 0 bridgehead atoms. The fraction of sp³-hybridized carbons (Fsp3) is 0.250. The lowest BCUT2D eigenvalue weighted by Gasteiger charge is -2.20. The molecule has 1 fully saturated rings. The first-order chi connectivity index (χ1) is 10.2. The van der Waals surface area contributed by atoms with Crippen LogP contribution in [-0.4, -0.2) is 18.4 Å². The van der Waals surface area contributed by atoms with Crippen molar-refractivity contribution in [3.63, 3.8) is 0 Å². The third kappa shape index (κ3) is 3.13. The Morgan fingerprint density at radius 2 is 2.05 bits per heavy atom. The summed E-state index contributed by atoms with van der Waals surface area (Å²) in [6.07, 6.45) is 0.276. The van der Waals surface area contributed by atoms with Crippen LogP contribution in [0.25, 0.3) is 0 Å². The van der Waals surface area contributed by atoms with Gasteiger partial charge in [0.15, 0.2) is 0 Å². The van der Waals surface area contributed by atoms with E-state index in [2.05, 4.69) is 10.6 Å². The highest BCUT2D eigenvalue weighted by atomic mass is 32.1. The Morgan fingerprint density at radius 3 is 2.67 bits per heavy atom. The first kappa shape index (κ1) is 13.8. The lowest BCUT2D eigenvalue weighted by atomic mass is 10.0. The fourth-order valence-corrected chi connectivity index (χ4v) is 3.27. The van der Waals surface area contributed by atoms with Gasteiger partial charge in [0.05, 0.1) is 12.0 Å². The third-order valence-electron chi connectivity index (χ3n) is 3.60. The van der Waals surface area contributed by atoms with E-state index < -0.39 is 0 Å². The average Bonchev–Trinajstić information content (AvgIpc) is 3.17.